The van der Waals surface area contributed by atoms with Gasteiger partial charge in [0.2, 0.25) is 5.89 Å². The van der Waals surface area contributed by atoms with Gasteiger partial charge >= 0.3 is 5.97 Å². The monoisotopic (exact) mass is 419 g/mol. The second-order valence-electron chi connectivity index (χ2n) is 7.46. The number of hydrogen-bond acceptors (Lipinski definition) is 6. The number of carbonyl (C=O) groups excluding carboxylic acids is 1. The number of benzene rings is 1. The highest BCUT2D eigenvalue weighted by atomic mass is 16.5. The predicted molar refractivity (Wildman–Crippen MR) is 126 cm³/mol. The van der Waals surface area contributed by atoms with Crippen molar-refractivity contribution < 1.29 is 13.9 Å². The smallest absolute Gasteiger partial charge is 0.338 e. The number of aliphatic imine (C=N–C) groups is 1. The fraction of sp³-hybridized carbons (Fsp3) is 0.360. The summed E-state index contributed by atoms with van der Waals surface area (Å²) in [6.07, 6.45) is 15.6. The van der Waals surface area contributed by atoms with E-state index in [4.69, 9.17) is 14.6 Å². The zero-order valence-electron chi connectivity index (χ0n) is 18.3. The number of esters is 1. The summed E-state index contributed by atoms with van der Waals surface area (Å²) in [7, 11) is 0. The molecule has 0 spiro atoms. The fourth-order valence-electron chi connectivity index (χ4n) is 3.63. The molecule has 1 aromatic heterocycles. The highest BCUT2D eigenvalue weighted by Gasteiger charge is 2.32. The Morgan fingerprint density at radius 3 is 2.87 bits per heavy atom. The van der Waals surface area contributed by atoms with Gasteiger partial charge in [-0.25, -0.2) is 9.78 Å². The Morgan fingerprint density at radius 2 is 2.16 bits per heavy atom. The van der Waals surface area contributed by atoms with E-state index >= 15 is 0 Å². The highest BCUT2D eigenvalue weighted by molar-refractivity contribution is 5.96. The SMILES string of the molecule is C\C=C/C=N\C=C/c1cc(C(=O)OCC)cc2nc(/C=C/CC3CC(CC)C3=N)oc12. The molecule has 2 atom stereocenters. The Morgan fingerprint density at radius 1 is 1.32 bits per heavy atom. The van der Waals surface area contributed by atoms with Crippen LogP contribution in [0, 0.1) is 17.2 Å². The van der Waals surface area contributed by atoms with Crippen LogP contribution >= 0.6 is 0 Å². The Labute approximate surface area is 182 Å². The lowest BCUT2D eigenvalue weighted by Gasteiger charge is -2.35. The van der Waals surface area contributed by atoms with Crippen molar-refractivity contribution in [3.63, 3.8) is 0 Å². The van der Waals surface area contributed by atoms with Gasteiger partial charge in [0.25, 0.3) is 0 Å². The molecule has 3 rings (SSSR count). The molecule has 6 nitrogen and oxygen atoms in total. The first-order valence-electron chi connectivity index (χ1n) is 10.7. The Kier molecular flexibility index (Phi) is 7.70. The topological polar surface area (TPSA) is 88.5 Å². The molecule has 162 valence electrons. The maximum absolute atomic E-state index is 12.3. The molecule has 6 heteroatoms. The van der Waals surface area contributed by atoms with Gasteiger partial charge in [-0.05, 0) is 69.4 Å². The summed E-state index contributed by atoms with van der Waals surface area (Å²) in [5.41, 5.74) is 3.16. The van der Waals surface area contributed by atoms with Crippen LogP contribution < -0.4 is 0 Å². The lowest BCUT2D eigenvalue weighted by molar-refractivity contribution is 0.0526. The van der Waals surface area contributed by atoms with Gasteiger partial charge in [-0.2, -0.15) is 0 Å². The molecular weight excluding hydrogens is 390 g/mol. The van der Waals surface area contributed by atoms with Crippen molar-refractivity contribution in [3.8, 4) is 0 Å². The van der Waals surface area contributed by atoms with Crippen LogP contribution in [0.2, 0.25) is 0 Å². The van der Waals surface area contributed by atoms with Gasteiger partial charge in [-0.15, -0.1) is 0 Å². The molecular formula is C25H29N3O3. The van der Waals surface area contributed by atoms with Crippen LogP contribution in [-0.2, 0) is 4.74 Å². The molecule has 0 radical (unpaired) electrons. The van der Waals surface area contributed by atoms with Gasteiger partial charge in [0.05, 0.1) is 12.2 Å². The van der Waals surface area contributed by atoms with Crippen molar-refractivity contribution in [2.45, 2.75) is 40.0 Å². The van der Waals surface area contributed by atoms with E-state index in [0.717, 1.165) is 25.0 Å². The molecule has 31 heavy (non-hydrogen) atoms. The molecule has 1 heterocycles. The van der Waals surface area contributed by atoms with Gasteiger partial charge < -0.3 is 14.6 Å². The normalized spacial score (nSPS) is 19.4. The van der Waals surface area contributed by atoms with E-state index in [1.54, 1.807) is 37.5 Å². The quantitative estimate of drug-likeness (QED) is 0.393. The molecule has 1 aliphatic rings. The van der Waals surface area contributed by atoms with E-state index in [1.165, 1.54) is 0 Å². The third kappa shape index (κ3) is 5.45. The first-order chi connectivity index (χ1) is 15.1. The minimum absolute atomic E-state index is 0.303. The van der Waals surface area contributed by atoms with Crippen LogP contribution in [0.3, 0.4) is 0 Å². The van der Waals surface area contributed by atoms with Gasteiger partial charge in [0.15, 0.2) is 5.58 Å². The number of rotatable bonds is 9. The largest absolute Gasteiger partial charge is 0.462 e. The number of ether oxygens (including phenoxy) is 1. The number of oxazole rings is 1. The third-order valence-corrected chi connectivity index (χ3v) is 5.37. The number of nitrogens with one attached hydrogen (secondary N) is 1. The van der Waals surface area contributed by atoms with Crippen molar-refractivity contribution in [2.75, 3.05) is 6.61 Å². The van der Waals surface area contributed by atoms with Crippen molar-refractivity contribution in [1.29, 1.82) is 5.41 Å². The lowest BCUT2D eigenvalue weighted by Crippen LogP contribution is -2.35. The lowest BCUT2D eigenvalue weighted by atomic mass is 9.70. The molecule has 0 aliphatic heterocycles. The van der Waals surface area contributed by atoms with E-state index < -0.39 is 5.97 Å². The molecule has 0 amide bonds. The van der Waals surface area contributed by atoms with E-state index in [-0.39, 0.29) is 0 Å². The standard InChI is InChI=1S/C25H29N3O3/c1-4-7-12-27-13-11-19-15-20(25(29)30-6-3)16-21-24(19)31-22(28-21)10-8-9-18-14-17(5-2)23(18)26/h4,7-8,10-13,15-18,26H,5-6,9,14H2,1-3H3/b7-4-,10-8+,13-11-,26-23?,27-12-. The number of aromatic nitrogens is 1. The van der Waals surface area contributed by atoms with Crippen molar-refractivity contribution in [2.24, 2.45) is 16.8 Å². The first-order valence-corrected chi connectivity index (χ1v) is 10.7. The highest BCUT2D eigenvalue weighted by Crippen LogP contribution is 2.35. The summed E-state index contributed by atoms with van der Waals surface area (Å²) < 4.78 is 11.1. The fourth-order valence-corrected chi connectivity index (χ4v) is 3.63. The Hall–Kier alpha value is -3.28. The summed E-state index contributed by atoms with van der Waals surface area (Å²) in [5.74, 6) is 0.856. The Balaban J connectivity index is 1.84. The Bertz CT molecular complexity index is 1060. The zero-order chi connectivity index (χ0) is 22.2. The molecule has 0 bridgehead atoms. The maximum atomic E-state index is 12.3. The van der Waals surface area contributed by atoms with Gasteiger partial charge in [0.1, 0.15) is 5.52 Å². The van der Waals surface area contributed by atoms with Gasteiger partial charge in [0, 0.05) is 29.6 Å². The van der Waals surface area contributed by atoms with Crippen molar-refractivity contribution >= 4 is 41.1 Å². The maximum Gasteiger partial charge on any atom is 0.338 e. The van der Waals surface area contributed by atoms with Gasteiger partial charge in [-0.1, -0.05) is 19.1 Å². The molecule has 2 aromatic rings. The number of carbonyl (C=O) groups is 1. The summed E-state index contributed by atoms with van der Waals surface area (Å²) >= 11 is 0. The summed E-state index contributed by atoms with van der Waals surface area (Å²) in [4.78, 5) is 21.0. The minimum Gasteiger partial charge on any atom is -0.462 e. The molecule has 1 aliphatic carbocycles. The third-order valence-electron chi connectivity index (χ3n) is 5.37. The molecule has 0 saturated heterocycles. The number of fused-ring (bicyclic) bond motifs is 1. The van der Waals surface area contributed by atoms with Crippen molar-refractivity contribution in [3.05, 3.63) is 53.6 Å². The molecule has 1 saturated carbocycles. The van der Waals surface area contributed by atoms with Crippen LogP contribution in [0.4, 0.5) is 0 Å². The van der Waals surface area contributed by atoms with Crippen molar-refractivity contribution in [1.82, 2.24) is 4.98 Å². The van der Waals surface area contributed by atoms with Crippen LogP contribution in [0.1, 0.15) is 61.8 Å². The second kappa shape index (κ2) is 10.7. The number of allylic oxidation sites excluding steroid dienone is 3. The average molecular weight is 420 g/mol. The van der Waals surface area contributed by atoms with Crippen LogP contribution in [0.25, 0.3) is 23.3 Å². The number of nitrogens with zero attached hydrogens (tertiary/aromatic N) is 2. The van der Waals surface area contributed by atoms with E-state index in [0.29, 0.717) is 46.6 Å². The average Bonchev–Trinajstić information content (AvgIpc) is 3.18. The summed E-state index contributed by atoms with van der Waals surface area (Å²) in [5, 5.41) is 8.11. The zero-order valence-corrected chi connectivity index (χ0v) is 18.3. The summed E-state index contributed by atoms with van der Waals surface area (Å²) in [6, 6.07) is 3.41. The molecule has 1 N–H and O–H groups in total. The second-order valence-corrected chi connectivity index (χ2v) is 7.46. The number of hydrogen-bond donors (Lipinski definition) is 1. The van der Waals surface area contributed by atoms with E-state index in [2.05, 4.69) is 16.9 Å². The van der Waals surface area contributed by atoms with Crippen LogP contribution in [0.5, 0.6) is 0 Å². The molecule has 1 fully saturated rings. The van der Waals surface area contributed by atoms with Gasteiger partial charge in [-0.3, -0.25) is 4.99 Å². The summed E-state index contributed by atoms with van der Waals surface area (Å²) in [6.45, 7) is 6.13. The predicted octanol–water partition coefficient (Wildman–Crippen LogP) is 6.09. The molecule has 1 aromatic carbocycles. The van der Waals surface area contributed by atoms with Crippen LogP contribution in [0.15, 0.2) is 46.0 Å². The van der Waals surface area contributed by atoms with Crippen LogP contribution in [-0.4, -0.2) is 29.5 Å². The van der Waals surface area contributed by atoms with E-state index in [1.807, 2.05) is 31.2 Å². The molecule has 2 unspecified atom stereocenters. The first kappa shape index (κ1) is 22.4. The minimum atomic E-state index is -0.398. The van der Waals surface area contributed by atoms with E-state index in [9.17, 15) is 4.79 Å².